The van der Waals surface area contributed by atoms with Gasteiger partial charge in [0.25, 0.3) is 0 Å². The first-order valence-corrected chi connectivity index (χ1v) is 21.2. The van der Waals surface area contributed by atoms with Crippen LogP contribution in [0.15, 0.2) is 0 Å². The van der Waals surface area contributed by atoms with E-state index in [1.54, 1.807) is 0 Å². The van der Waals surface area contributed by atoms with Gasteiger partial charge < -0.3 is 19.3 Å². The van der Waals surface area contributed by atoms with E-state index in [1.807, 2.05) is 0 Å². The van der Waals surface area contributed by atoms with E-state index < -0.39 is 32.5 Å². The van der Waals surface area contributed by atoms with E-state index in [1.165, 1.54) is 128 Å². The molecule has 0 aromatic rings. The number of hydrogen-bond donors (Lipinski definition) is 2. The van der Waals surface area contributed by atoms with E-state index in [9.17, 15) is 14.2 Å². The predicted octanol–water partition coefficient (Wildman–Crippen LogP) is 11.5. The first-order valence-electron chi connectivity index (χ1n) is 19.7. The minimum Gasteiger partial charge on any atom is -0.462 e. The third kappa shape index (κ3) is 37.7. The van der Waals surface area contributed by atoms with E-state index in [4.69, 9.17) is 19.3 Å². The molecule has 0 aliphatic heterocycles. The van der Waals surface area contributed by atoms with Crippen LogP contribution in [-0.4, -0.2) is 41.0 Å². The average molecular weight is 691 g/mol. The van der Waals surface area contributed by atoms with Gasteiger partial charge in [0, 0.05) is 12.8 Å². The fourth-order valence-electron chi connectivity index (χ4n) is 5.85. The summed E-state index contributed by atoms with van der Waals surface area (Å²) in [5, 5.41) is 0. The molecule has 0 amide bonds. The molecule has 0 saturated heterocycles. The highest BCUT2D eigenvalue weighted by atomic mass is 31.2. The van der Waals surface area contributed by atoms with E-state index >= 15 is 0 Å². The maximum absolute atomic E-state index is 12.3. The summed E-state index contributed by atoms with van der Waals surface area (Å²) in [6, 6.07) is 0. The third-order valence-corrected chi connectivity index (χ3v) is 9.29. The Morgan fingerprint density at radius 1 is 0.532 bits per heavy atom. The molecule has 0 unspecified atom stereocenters. The zero-order valence-electron chi connectivity index (χ0n) is 30.9. The fraction of sp³-hybridized carbons (Fsp3) is 0.947. The number of ether oxygens (including phenoxy) is 2. The van der Waals surface area contributed by atoms with E-state index in [0.717, 1.165) is 44.4 Å². The lowest BCUT2D eigenvalue weighted by Crippen LogP contribution is -2.29. The molecule has 0 aliphatic rings. The molecule has 0 fully saturated rings. The second-order valence-electron chi connectivity index (χ2n) is 14.1. The van der Waals surface area contributed by atoms with Crippen molar-refractivity contribution < 1.29 is 37.9 Å². The van der Waals surface area contributed by atoms with Gasteiger partial charge in [-0.2, -0.15) is 0 Å². The normalized spacial score (nSPS) is 12.5. The van der Waals surface area contributed by atoms with Crippen LogP contribution in [-0.2, 0) is 28.2 Å². The van der Waals surface area contributed by atoms with Crippen molar-refractivity contribution in [3.63, 3.8) is 0 Å². The molecular weight excluding hydrogens is 615 g/mol. The van der Waals surface area contributed by atoms with Crippen LogP contribution in [0.5, 0.6) is 0 Å². The maximum Gasteiger partial charge on any atom is 0.469 e. The summed E-state index contributed by atoms with van der Waals surface area (Å²) < 4.78 is 26.3. The zero-order chi connectivity index (χ0) is 34.9. The smallest absolute Gasteiger partial charge is 0.462 e. The number of phosphoric ester groups is 1. The molecule has 0 rings (SSSR count). The number of carbonyl (C=O) groups excluding carboxylic acids is 2. The minimum absolute atomic E-state index is 0.217. The van der Waals surface area contributed by atoms with Crippen LogP contribution in [0.25, 0.3) is 0 Å². The molecular formula is C38H75O8P. The van der Waals surface area contributed by atoms with Crippen molar-refractivity contribution in [3.8, 4) is 0 Å². The summed E-state index contributed by atoms with van der Waals surface area (Å²) in [4.78, 5) is 42.7. The predicted molar refractivity (Wildman–Crippen MR) is 193 cm³/mol. The van der Waals surface area contributed by atoms with Crippen LogP contribution in [0.1, 0.15) is 207 Å². The van der Waals surface area contributed by atoms with Crippen molar-refractivity contribution in [3.05, 3.63) is 0 Å². The Bertz CT molecular complexity index is 754. The molecule has 0 heterocycles. The second-order valence-corrected chi connectivity index (χ2v) is 15.3. The Hall–Kier alpha value is -0.950. The highest BCUT2D eigenvalue weighted by Crippen LogP contribution is 2.36. The molecule has 0 aromatic carbocycles. The first kappa shape index (κ1) is 46.0. The van der Waals surface area contributed by atoms with E-state index in [0.29, 0.717) is 6.42 Å². The lowest BCUT2D eigenvalue weighted by molar-refractivity contribution is -0.161. The summed E-state index contributed by atoms with van der Waals surface area (Å²) >= 11 is 0. The zero-order valence-corrected chi connectivity index (χ0v) is 31.8. The van der Waals surface area contributed by atoms with Crippen molar-refractivity contribution in [2.24, 2.45) is 5.92 Å². The van der Waals surface area contributed by atoms with Gasteiger partial charge in [-0.25, -0.2) is 4.57 Å². The molecule has 0 saturated carbocycles. The number of carbonyl (C=O) groups is 2. The Kier molecular flexibility index (Phi) is 32.9. The molecule has 47 heavy (non-hydrogen) atoms. The van der Waals surface area contributed by atoms with Gasteiger partial charge >= 0.3 is 19.8 Å². The first-order chi connectivity index (χ1) is 22.6. The topological polar surface area (TPSA) is 119 Å². The molecule has 280 valence electrons. The van der Waals surface area contributed by atoms with Crippen molar-refractivity contribution in [2.45, 2.75) is 213 Å². The fourth-order valence-corrected chi connectivity index (χ4v) is 6.21. The summed E-state index contributed by atoms with van der Waals surface area (Å²) in [6.07, 6.45) is 32.6. The Morgan fingerprint density at radius 2 is 0.894 bits per heavy atom. The number of esters is 2. The summed E-state index contributed by atoms with van der Waals surface area (Å²) in [5.41, 5.74) is 0. The highest BCUT2D eigenvalue weighted by Gasteiger charge is 2.22. The molecule has 8 nitrogen and oxygen atoms in total. The quantitative estimate of drug-likeness (QED) is 0.0379. The van der Waals surface area contributed by atoms with E-state index in [-0.39, 0.29) is 19.4 Å². The molecule has 0 spiro atoms. The van der Waals surface area contributed by atoms with Gasteiger partial charge in [-0.3, -0.25) is 14.1 Å². The van der Waals surface area contributed by atoms with Gasteiger partial charge in [0.2, 0.25) is 0 Å². The number of rotatable bonds is 36. The van der Waals surface area contributed by atoms with Gasteiger partial charge in [0.1, 0.15) is 6.61 Å². The molecule has 1 atom stereocenters. The lowest BCUT2D eigenvalue weighted by Gasteiger charge is -2.18. The highest BCUT2D eigenvalue weighted by molar-refractivity contribution is 7.46. The molecule has 9 heteroatoms. The molecule has 0 radical (unpaired) electrons. The standard InChI is InChI=1S/C38H75O8P/c1-4-5-6-7-8-9-10-11-12-13-14-15-16-19-22-25-28-31-37(39)44-33-36(34-45-47(41,42)43)46-38(40)32-29-26-23-20-17-18-21-24-27-30-35(2)3/h35-36H,4-34H2,1-3H3,(H2,41,42,43)/t36-/m1/s1. The van der Waals surface area contributed by atoms with Crippen LogP contribution in [0.2, 0.25) is 0 Å². The van der Waals surface area contributed by atoms with Crippen LogP contribution < -0.4 is 0 Å². The Morgan fingerprint density at radius 3 is 1.28 bits per heavy atom. The summed E-state index contributed by atoms with van der Waals surface area (Å²) in [6.45, 7) is 6.00. The molecule has 0 bridgehead atoms. The summed E-state index contributed by atoms with van der Waals surface area (Å²) in [7, 11) is -4.74. The lowest BCUT2D eigenvalue weighted by atomic mass is 10.0. The molecule has 2 N–H and O–H groups in total. The van der Waals surface area contributed by atoms with Gasteiger partial charge in [-0.15, -0.1) is 0 Å². The van der Waals surface area contributed by atoms with E-state index in [2.05, 4.69) is 25.3 Å². The largest absolute Gasteiger partial charge is 0.469 e. The molecule has 0 aromatic heterocycles. The molecule has 0 aliphatic carbocycles. The monoisotopic (exact) mass is 691 g/mol. The Balaban J connectivity index is 3.88. The van der Waals surface area contributed by atoms with Gasteiger partial charge in [-0.1, -0.05) is 181 Å². The minimum atomic E-state index is -4.74. The van der Waals surface area contributed by atoms with Crippen LogP contribution >= 0.6 is 7.82 Å². The third-order valence-electron chi connectivity index (χ3n) is 8.80. The van der Waals surface area contributed by atoms with Gasteiger partial charge in [0.05, 0.1) is 6.61 Å². The SMILES string of the molecule is CCCCCCCCCCCCCCCCCCCC(=O)OC[C@H](COP(=O)(O)O)OC(=O)CCCCCCCCCCCC(C)C. The summed E-state index contributed by atoms with van der Waals surface area (Å²) in [5.74, 6) is -0.0873. The van der Waals surface area contributed by atoms with Crippen LogP contribution in [0, 0.1) is 5.92 Å². The van der Waals surface area contributed by atoms with Crippen molar-refractivity contribution in [2.75, 3.05) is 13.2 Å². The number of hydrogen-bond acceptors (Lipinski definition) is 6. The van der Waals surface area contributed by atoms with Crippen molar-refractivity contribution >= 4 is 19.8 Å². The van der Waals surface area contributed by atoms with Crippen LogP contribution in [0.3, 0.4) is 0 Å². The Labute approximate surface area is 289 Å². The maximum atomic E-state index is 12.3. The van der Waals surface area contributed by atoms with Crippen molar-refractivity contribution in [1.82, 2.24) is 0 Å². The number of phosphoric acid groups is 1. The second kappa shape index (κ2) is 33.5. The van der Waals surface area contributed by atoms with Gasteiger partial charge in [0.15, 0.2) is 6.10 Å². The number of unbranched alkanes of at least 4 members (excludes halogenated alkanes) is 24. The van der Waals surface area contributed by atoms with Gasteiger partial charge in [-0.05, 0) is 18.8 Å². The van der Waals surface area contributed by atoms with Crippen LogP contribution in [0.4, 0.5) is 0 Å². The average Bonchev–Trinajstić information content (AvgIpc) is 3.02. The van der Waals surface area contributed by atoms with Crippen molar-refractivity contribution in [1.29, 1.82) is 0 Å².